The van der Waals surface area contributed by atoms with Gasteiger partial charge in [-0.25, -0.2) is 0 Å². The van der Waals surface area contributed by atoms with E-state index in [-0.39, 0.29) is 7.92 Å². The lowest BCUT2D eigenvalue weighted by Gasteiger charge is -2.40. The number of hydrogen-bond donors (Lipinski definition) is 1. The molecular formula is C20H37N2P. The minimum Gasteiger partial charge on any atom is -0.358 e. The van der Waals surface area contributed by atoms with E-state index in [4.69, 9.17) is 0 Å². The van der Waals surface area contributed by atoms with Crippen molar-refractivity contribution in [2.45, 2.75) is 72.6 Å². The molecule has 0 fully saturated rings. The maximum Gasteiger partial charge on any atom is 0.0390 e. The van der Waals surface area contributed by atoms with Crippen molar-refractivity contribution in [3.05, 3.63) is 34.9 Å². The fraction of sp³-hybridized carbons (Fsp3) is 0.700. The zero-order valence-electron chi connectivity index (χ0n) is 16.7. The zero-order valence-corrected chi connectivity index (χ0v) is 17.6. The number of rotatable bonds is 5. The smallest absolute Gasteiger partial charge is 0.0390 e. The molecule has 1 heterocycles. The van der Waals surface area contributed by atoms with E-state index < -0.39 is 0 Å². The molecule has 0 aromatic heterocycles. The van der Waals surface area contributed by atoms with E-state index in [0.29, 0.717) is 10.3 Å². The number of dihydropyridines is 1. The highest BCUT2D eigenvalue weighted by molar-refractivity contribution is 7.64. The summed E-state index contributed by atoms with van der Waals surface area (Å²) in [4.78, 5) is 2.45. The van der Waals surface area contributed by atoms with Gasteiger partial charge in [0.15, 0.2) is 0 Å². The van der Waals surface area contributed by atoms with Crippen LogP contribution in [0.3, 0.4) is 0 Å². The molecule has 0 bridgehead atoms. The molecule has 3 heteroatoms. The quantitative estimate of drug-likeness (QED) is 0.650. The number of nitrogens with zero attached hydrogens (tertiary/aromatic N) is 1. The van der Waals surface area contributed by atoms with E-state index in [1.807, 2.05) is 0 Å². The van der Waals surface area contributed by atoms with Gasteiger partial charge in [0.2, 0.25) is 0 Å². The molecule has 0 saturated heterocycles. The zero-order chi connectivity index (χ0) is 17.8. The van der Waals surface area contributed by atoms with E-state index in [0.717, 1.165) is 19.6 Å². The predicted molar refractivity (Wildman–Crippen MR) is 107 cm³/mol. The van der Waals surface area contributed by atoms with Crippen molar-refractivity contribution in [3.8, 4) is 0 Å². The highest BCUT2D eigenvalue weighted by Gasteiger charge is 2.33. The number of hydrogen-bond acceptors (Lipinski definition) is 2. The molecule has 0 aliphatic carbocycles. The second kappa shape index (κ2) is 7.99. The van der Waals surface area contributed by atoms with Crippen LogP contribution in [0.2, 0.25) is 0 Å². The maximum atomic E-state index is 3.68. The standard InChI is InChI=1S/C20H37N2P/c1-10-22(11-2)14-17-12-16(3)13-18(21-17)15-23(19(4,5)6)20(7,8)9/h12-13,15,21H,10-11,14H2,1-9H3/b18-15+. The van der Waals surface area contributed by atoms with Gasteiger partial charge < -0.3 is 5.32 Å². The summed E-state index contributed by atoms with van der Waals surface area (Å²) in [6.45, 7) is 24.0. The van der Waals surface area contributed by atoms with Crippen molar-refractivity contribution in [2.24, 2.45) is 0 Å². The molecule has 0 saturated carbocycles. The summed E-state index contributed by atoms with van der Waals surface area (Å²) in [7, 11) is -0.241. The highest BCUT2D eigenvalue weighted by Crippen LogP contribution is 2.60. The second-order valence-corrected chi connectivity index (χ2v) is 12.1. The van der Waals surface area contributed by atoms with E-state index in [2.05, 4.69) is 90.5 Å². The molecule has 0 aromatic rings. The van der Waals surface area contributed by atoms with Crippen molar-refractivity contribution in [2.75, 3.05) is 19.6 Å². The first-order valence-electron chi connectivity index (χ1n) is 8.87. The SMILES string of the molecule is CCN(CC)CC1=CC(C)=C/C(=C\P(C(C)(C)C)C(C)(C)C)N1. The first kappa shape index (κ1) is 20.5. The van der Waals surface area contributed by atoms with Crippen molar-refractivity contribution in [1.29, 1.82) is 0 Å². The minimum absolute atomic E-state index is 0.241. The Balaban J connectivity index is 3.03. The second-order valence-electron chi connectivity index (χ2n) is 8.44. The molecule has 132 valence electrons. The largest absolute Gasteiger partial charge is 0.358 e. The summed E-state index contributed by atoms with van der Waals surface area (Å²) in [5.74, 6) is 2.51. The topological polar surface area (TPSA) is 15.3 Å². The van der Waals surface area contributed by atoms with Gasteiger partial charge in [-0.15, -0.1) is 0 Å². The van der Waals surface area contributed by atoms with Gasteiger partial charge in [0.1, 0.15) is 0 Å². The molecule has 0 unspecified atom stereocenters. The molecule has 0 radical (unpaired) electrons. The van der Waals surface area contributed by atoms with Crippen LogP contribution in [0.1, 0.15) is 62.3 Å². The summed E-state index contributed by atoms with van der Waals surface area (Å²) in [6, 6.07) is 0. The van der Waals surface area contributed by atoms with E-state index >= 15 is 0 Å². The van der Waals surface area contributed by atoms with E-state index in [1.165, 1.54) is 17.0 Å². The number of nitrogens with one attached hydrogen (secondary N) is 1. The Hall–Kier alpha value is -0.590. The Morgan fingerprint density at radius 3 is 1.96 bits per heavy atom. The van der Waals surface area contributed by atoms with E-state index in [1.54, 1.807) is 0 Å². The Morgan fingerprint density at radius 1 is 1.00 bits per heavy atom. The van der Waals surface area contributed by atoms with Gasteiger partial charge >= 0.3 is 0 Å². The normalized spacial score (nSPS) is 18.3. The maximum absolute atomic E-state index is 3.68. The summed E-state index contributed by atoms with van der Waals surface area (Å²) >= 11 is 0. The Kier molecular flexibility index (Phi) is 7.11. The molecule has 0 aromatic carbocycles. The van der Waals surface area contributed by atoms with Gasteiger partial charge in [-0.3, -0.25) is 4.90 Å². The van der Waals surface area contributed by atoms with Gasteiger partial charge in [-0.2, -0.15) is 0 Å². The fourth-order valence-electron chi connectivity index (χ4n) is 3.19. The molecule has 0 atom stereocenters. The van der Waals surface area contributed by atoms with Crippen molar-refractivity contribution in [1.82, 2.24) is 10.2 Å². The van der Waals surface area contributed by atoms with Crippen molar-refractivity contribution in [3.63, 3.8) is 0 Å². The molecule has 0 amide bonds. The molecule has 1 aliphatic rings. The van der Waals surface area contributed by atoms with Crippen LogP contribution in [0.5, 0.6) is 0 Å². The Labute approximate surface area is 145 Å². The van der Waals surface area contributed by atoms with Crippen LogP contribution in [0.4, 0.5) is 0 Å². The lowest BCUT2D eigenvalue weighted by Crippen LogP contribution is -2.31. The summed E-state index contributed by atoms with van der Waals surface area (Å²) in [6.07, 6.45) is 4.57. The summed E-state index contributed by atoms with van der Waals surface area (Å²) < 4.78 is 0. The summed E-state index contributed by atoms with van der Waals surface area (Å²) in [5, 5.41) is 4.30. The van der Waals surface area contributed by atoms with E-state index in [9.17, 15) is 0 Å². The van der Waals surface area contributed by atoms with Crippen LogP contribution >= 0.6 is 7.92 Å². The lowest BCUT2D eigenvalue weighted by atomic mass is 10.1. The van der Waals surface area contributed by atoms with Crippen molar-refractivity contribution < 1.29 is 0 Å². The first-order valence-corrected chi connectivity index (χ1v) is 10.3. The third-order valence-corrected chi connectivity index (χ3v) is 7.52. The van der Waals surface area contributed by atoms with Crippen LogP contribution in [0, 0.1) is 0 Å². The van der Waals surface area contributed by atoms with Crippen molar-refractivity contribution >= 4 is 7.92 Å². The van der Waals surface area contributed by atoms with Gasteiger partial charge in [0.25, 0.3) is 0 Å². The van der Waals surface area contributed by atoms with Gasteiger partial charge in [0, 0.05) is 17.9 Å². The lowest BCUT2D eigenvalue weighted by molar-refractivity contribution is 0.325. The molecule has 0 spiro atoms. The van der Waals surface area contributed by atoms with Crippen LogP contribution in [-0.4, -0.2) is 34.8 Å². The number of likely N-dealkylation sites (N-methyl/N-ethyl adjacent to an activating group) is 1. The van der Waals surface area contributed by atoms with Crippen LogP contribution in [0.15, 0.2) is 34.9 Å². The third-order valence-electron chi connectivity index (χ3n) is 4.09. The summed E-state index contributed by atoms with van der Waals surface area (Å²) in [5.41, 5.74) is 3.94. The van der Waals surface area contributed by atoms with Crippen LogP contribution in [0.25, 0.3) is 0 Å². The molecule has 23 heavy (non-hydrogen) atoms. The number of allylic oxidation sites excluding steroid dienone is 3. The van der Waals surface area contributed by atoms with Crippen LogP contribution < -0.4 is 5.32 Å². The highest BCUT2D eigenvalue weighted by atomic mass is 31.1. The Morgan fingerprint density at radius 2 is 1.52 bits per heavy atom. The van der Waals surface area contributed by atoms with Gasteiger partial charge in [-0.1, -0.05) is 63.3 Å². The average Bonchev–Trinajstić information content (AvgIpc) is 2.39. The first-order chi connectivity index (χ1) is 10.5. The minimum atomic E-state index is -0.241. The van der Waals surface area contributed by atoms with Gasteiger partial charge in [0.05, 0.1) is 0 Å². The van der Waals surface area contributed by atoms with Crippen LogP contribution in [-0.2, 0) is 0 Å². The fourth-order valence-corrected chi connectivity index (χ4v) is 6.40. The monoisotopic (exact) mass is 336 g/mol. The third kappa shape index (κ3) is 6.43. The molecule has 1 rings (SSSR count). The molecular weight excluding hydrogens is 299 g/mol. The predicted octanol–water partition coefficient (Wildman–Crippen LogP) is 5.68. The molecule has 1 aliphatic heterocycles. The van der Waals surface area contributed by atoms with Gasteiger partial charge in [-0.05, 0) is 53.9 Å². The Bertz CT molecular complexity index is 469. The average molecular weight is 337 g/mol. The molecule has 2 nitrogen and oxygen atoms in total. The molecule has 1 N–H and O–H groups in total.